The molecule has 0 unspecified atom stereocenters. The first kappa shape index (κ1) is 21.9. The van der Waals surface area contributed by atoms with E-state index in [0.29, 0.717) is 40.3 Å². The highest BCUT2D eigenvalue weighted by Crippen LogP contribution is 2.27. The largest absolute Gasteiger partial charge is 0.492 e. The Morgan fingerprint density at radius 1 is 0.929 bits per heavy atom. The number of esters is 2. The summed E-state index contributed by atoms with van der Waals surface area (Å²) in [5.41, 5.74) is 0.755. The van der Waals surface area contributed by atoms with Gasteiger partial charge in [0.1, 0.15) is 18.1 Å². The third-order valence-electron chi connectivity index (χ3n) is 3.74. The standard InChI is InChI=1S/C21H23BrO6/c1-3-4-11-26-19-10-7-16(14-18(19)22)21(24)28-17-8-5-15(6-9-17)20(23)27-13-12-25-2/h5-10,14H,3-4,11-13H2,1-2H3. The summed E-state index contributed by atoms with van der Waals surface area (Å²) in [5, 5.41) is 0. The van der Waals surface area contributed by atoms with E-state index in [4.69, 9.17) is 18.9 Å². The molecule has 0 saturated carbocycles. The molecule has 0 radical (unpaired) electrons. The lowest BCUT2D eigenvalue weighted by Gasteiger charge is -2.10. The van der Waals surface area contributed by atoms with Gasteiger partial charge in [-0.25, -0.2) is 9.59 Å². The van der Waals surface area contributed by atoms with Gasteiger partial charge in [-0.2, -0.15) is 0 Å². The SMILES string of the molecule is CCCCOc1ccc(C(=O)Oc2ccc(C(=O)OCCOC)cc2)cc1Br. The second-order valence-electron chi connectivity index (χ2n) is 5.89. The Balaban J connectivity index is 1.95. The molecule has 150 valence electrons. The predicted octanol–water partition coefficient (Wildman–Crippen LogP) is 4.65. The number of benzene rings is 2. The van der Waals surface area contributed by atoms with Crippen molar-refractivity contribution in [2.45, 2.75) is 19.8 Å². The zero-order valence-electron chi connectivity index (χ0n) is 15.9. The molecule has 0 aliphatic heterocycles. The lowest BCUT2D eigenvalue weighted by molar-refractivity contribution is 0.0388. The molecule has 28 heavy (non-hydrogen) atoms. The third kappa shape index (κ3) is 6.65. The monoisotopic (exact) mass is 450 g/mol. The number of ether oxygens (including phenoxy) is 4. The van der Waals surface area contributed by atoms with E-state index < -0.39 is 11.9 Å². The summed E-state index contributed by atoms with van der Waals surface area (Å²) < 4.78 is 21.5. The highest BCUT2D eigenvalue weighted by Gasteiger charge is 2.13. The van der Waals surface area contributed by atoms with Gasteiger partial charge in [0.2, 0.25) is 0 Å². The van der Waals surface area contributed by atoms with Crippen molar-refractivity contribution in [3.8, 4) is 11.5 Å². The molecule has 0 N–H and O–H groups in total. The molecule has 0 spiro atoms. The number of rotatable bonds is 10. The Morgan fingerprint density at radius 2 is 1.64 bits per heavy atom. The van der Waals surface area contributed by atoms with Crippen molar-refractivity contribution in [1.29, 1.82) is 0 Å². The highest BCUT2D eigenvalue weighted by molar-refractivity contribution is 9.10. The summed E-state index contributed by atoms with van der Waals surface area (Å²) in [6.07, 6.45) is 2.01. The van der Waals surface area contributed by atoms with E-state index in [2.05, 4.69) is 22.9 Å². The topological polar surface area (TPSA) is 71.1 Å². The summed E-state index contributed by atoms with van der Waals surface area (Å²) in [5.74, 6) is 0.0490. The van der Waals surface area contributed by atoms with E-state index >= 15 is 0 Å². The second kappa shape index (κ2) is 11.5. The molecule has 0 heterocycles. The number of carbonyl (C=O) groups excluding carboxylic acids is 2. The van der Waals surface area contributed by atoms with Crippen LogP contribution in [0.15, 0.2) is 46.9 Å². The lowest BCUT2D eigenvalue weighted by atomic mass is 10.2. The number of hydrogen-bond donors (Lipinski definition) is 0. The van der Waals surface area contributed by atoms with Gasteiger partial charge in [-0.15, -0.1) is 0 Å². The quantitative estimate of drug-likeness (QED) is 0.298. The van der Waals surface area contributed by atoms with Crippen LogP contribution < -0.4 is 9.47 Å². The second-order valence-corrected chi connectivity index (χ2v) is 6.74. The van der Waals surface area contributed by atoms with Crippen molar-refractivity contribution >= 4 is 27.9 Å². The van der Waals surface area contributed by atoms with Crippen LogP contribution in [0.3, 0.4) is 0 Å². The maximum atomic E-state index is 12.3. The van der Waals surface area contributed by atoms with E-state index in [1.165, 1.54) is 7.11 Å². The molecular formula is C21H23BrO6. The Bertz CT molecular complexity index is 788. The number of halogens is 1. The minimum absolute atomic E-state index is 0.180. The van der Waals surface area contributed by atoms with Crippen molar-refractivity contribution in [3.63, 3.8) is 0 Å². The van der Waals surface area contributed by atoms with Crippen LogP contribution in [0.25, 0.3) is 0 Å². The van der Waals surface area contributed by atoms with Gasteiger partial charge in [-0.1, -0.05) is 13.3 Å². The maximum absolute atomic E-state index is 12.3. The fraction of sp³-hybridized carbons (Fsp3) is 0.333. The minimum Gasteiger partial charge on any atom is -0.492 e. The van der Waals surface area contributed by atoms with Crippen LogP contribution in [-0.2, 0) is 9.47 Å². The van der Waals surface area contributed by atoms with Gasteiger partial charge < -0.3 is 18.9 Å². The van der Waals surface area contributed by atoms with Crippen LogP contribution in [0.5, 0.6) is 11.5 Å². The Hall–Kier alpha value is -2.38. The number of carbonyl (C=O) groups is 2. The van der Waals surface area contributed by atoms with Gasteiger partial charge in [0.05, 0.1) is 28.8 Å². The van der Waals surface area contributed by atoms with Crippen LogP contribution in [-0.4, -0.2) is 38.9 Å². The van der Waals surface area contributed by atoms with Crippen molar-refractivity contribution in [2.75, 3.05) is 26.9 Å². The van der Waals surface area contributed by atoms with Crippen LogP contribution in [0, 0.1) is 0 Å². The molecular weight excluding hydrogens is 428 g/mol. The van der Waals surface area contributed by atoms with Crippen molar-refractivity contribution in [2.24, 2.45) is 0 Å². The molecule has 2 aromatic carbocycles. The molecule has 7 heteroatoms. The van der Waals surface area contributed by atoms with Crippen molar-refractivity contribution in [1.82, 2.24) is 0 Å². The molecule has 2 aromatic rings. The molecule has 0 aromatic heterocycles. The summed E-state index contributed by atoms with van der Waals surface area (Å²) in [4.78, 5) is 24.2. The van der Waals surface area contributed by atoms with Gasteiger partial charge in [0.15, 0.2) is 0 Å². The third-order valence-corrected chi connectivity index (χ3v) is 4.36. The van der Waals surface area contributed by atoms with Crippen molar-refractivity contribution in [3.05, 3.63) is 58.1 Å². The zero-order chi connectivity index (χ0) is 20.4. The Morgan fingerprint density at radius 3 is 2.29 bits per heavy atom. The number of methoxy groups -OCH3 is 1. The molecule has 6 nitrogen and oxygen atoms in total. The van der Waals surface area contributed by atoms with Crippen LogP contribution in [0.1, 0.15) is 40.5 Å². The fourth-order valence-corrected chi connectivity index (χ4v) is 2.69. The molecule has 0 amide bonds. The fourth-order valence-electron chi connectivity index (χ4n) is 2.20. The Labute approximate surface area is 172 Å². The van der Waals surface area contributed by atoms with E-state index in [1.54, 1.807) is 42.5 Å². The zero-order valence-corrected chi connectivity index (χ0v) is 17.5. The van der Waals surface area contributed by atoms with Crippen LogP contribution >= 0.6 is 15.9 Å². The van der Waals surface area contributed by atoms with Crippen LogP contribution in [0.4, 0.5) is 0 Å². The summed E-state index contributed by atoms with van der Waals surface area (Å²) in [6, 6.07) is 11.2. The first-order valence-corrected chi connectivity index (χ1v) is 9.75. The molecule has 0 atom stereocenters. The summed E-state index contributed by atoms with van der Waals surface area (Å²) in [7, 11) is 1.53. The molecule has 0 aliphatic rings. The van der Waals surface area contributed by atoms with E-state index in [9.17, 15) is 9.59 Å². The minimum atomic E-state index is -0.503. The Kier molecular flexibility index (Phi) is 8.97. The molecule has 2 rings (SSSR count). The van der Waals surface area contributed by atoms with Crippen molar-refractivity contribution < 1.29 is 28.5 Å². The summed E-state index contributed by atoms with van der Waals surface area (Å²) in [6.45, 7) is 3.23. The van der Waals surface area contributed by atoms with Gasteiger partial charge in [-0.05, 0) is 64.8 Å². The predicted molar refractivity (Wildman–Crippen MR) is 108 cm³/mol. The van der Waals surface area contributed by atoms with E-state index in [-0.39, 0.29) is 6.61 Å². The van der Waals surface area contributed by atoms with Crippen LogP contribution in [0.2, 0.25) is 0 Å². The molecule has 0 saturated heterocycles. The first-order chi connectivity index (χ1) is 13.5. The average molecular weight is 451 g/mol. The van der Waals surface area contributed by atoms with Gasteiger partial charge >= 0.3 is 11.9 Å². The normalized spacial score (nSPS) is 10.4. The maximum Gasteiger partial charge on any atom is 0.343 e. The van der Waals surface area contributed by atoms with Gasteiger partial charge in [0.25, 0.3) is 0 Å². The lowest BCUT2D eigenvalue weighted by Crippen LogP contribution is -2.11. The first-order valence-electron chi connectivity index (χ1n) is 8.95. The molecule has 0 bridgehead atoms. The van der Waals surface area contributed by atoms with E-state index in [1.807, 2.05) is 0 Å². The smallest absolute Gasteiger partial charge is 0.343 e. The molecule has 0 fully saturated rings. The van der Waals surface area contributed by atoms with Gasteiger partial charge in [-0.3, -0.25) is 0 Å². The molecule has 0 aliphatic carbocycles. The highest BCUT2D eigenvalue weighted by atomic mass is 79.9. The average Bonchev–Trinajstić information content (AvgIpc) is 2.70. The summed E-state index contributed by atoms with van der Waals surface area (Å²) >= 11 is 3.41. The number of hydrogen-bond acceptors (Lipinski definition) is 6. The van der Waals surface area contributed by atoms with E-state index in [0.717, 1.165) is 12.8 Å². The number of unbranched alkanes of at least 4 members (excludes halogenated alkanes) is 1. The van der Waals surface area contributed by atoms with Gasteiger partial charge in [0, 0.05) is 7.11 Å².